The van der Waals surface area contributed by atoms with Gasteiger partial charge in [0.1, 0.15) is 11.6 Å². The molecule has 0 saturated carbocycles. The smallest absolute Gasteiger partial charge is 0.139 e. The van der Waals surface area contributed by atoms with Crippen LogP contribution in [0.4, 0.5) is 14.5 Å². The third-order valence-corrected chi connectivity index (χ3v) is 3.89. The van der Waals surface area contributed by atoms with Gasteiger partial charge in [-0.1, -0.05) is 19.1 Å². The predicted molar refractivity (Wildman–Crippen MR) is 81.9 cm³/mol. The van der Waals surface area contributed by atoms with Crippen LogP contribution in [-0.4, -0.2) is 0 Å². The van der Waals surface area contributed by atoms with Gasteiger partial charge in [-0.05, 0) is 64.7 Å². The zero-order valence-corrected chi connectivity index (χ0v) is 13.0. The topological polar surface area (TPSA) is 12.0 Å². The largest absolute Gasteiger partial charge is 0.378 e. The average Bonchev–Trinajstić information content (AvgIpc) is 2.42. The summed E-state index contributed by atoms with van der Waals surface area (Å²) in [6.45, 7) is 3.95. The molecule has 0 amide bonds. The lowest BCUT2D eigenvalue weighted by Gasteiger charge is -2.20. The van der Waals surface area contributed by atoms with Crippen molar-refractivity contribution in [3.05, 3.63) is 63.6 Å². The molecule has 0 aliphatic heterocycles. The summed E-state index contributed by atoms with van der Waals surface area (Å²) in [7, 11) is 0. The van der Waals surface area contributed by atoms with Crippen LogP contribution in [-0.2, 0) is 0 Å². The number of hydrogen-bond acceptors (Lipinski definition) is 1. The van der Waals surface area contributed by atoms with Crippen LogP contribution in [0.25, 0.3) is 0 Å². The van der Waals surface area contributed by atoms with Crippen molar-refractivity contribution in [3.63, 3.8) is 0 Å². The molecule has 0 fully saturated rings. The molecule has 0 aliphatic rings. The fourth-order valence-corrected chi connectivity index (χ4v) is 2.56. The zero-order valence-electron chi connectivity index (χ0n) is 11.4. The Morgan fingerprint density at radius 1 is 1.15 bits per heavy atom. The van der Waals surface area contributed by atoms with E-state index >= 15 is 0 Å². The molecular formula is C16H16BrF2N. The van der Waals surface area contributed by atoms with E-state index in [9.17, 15) is 8.78 Å². The normalized spacial score (nSPS) is 12.2. The lowest BCUT2D eigenvalue weighted by molar-refractivity contribution is 0.620. The molecule has 0 aliphatic carbocycles. The first-order chi connectivity index (χ1) is 9.51. The van der Waals surface area contributed by atoms with E-state index in [0.29, 0.717) is 4.47 Å². The number of anilines is 1. The second-order valence-corrected chi connectivity index (χ2v) is 5.59. The van der Waals surface area contributed by atoms with Crippen molar-refractivity contribution in [1.82, 2.24) is 0 Å². The highest BCUT2D eigenvalue weighted by Gasteiger charge is 2.12. The molecule has 2 aromatic carbocycles. The molecule has 0 heterocycles. The third-order valence-electron chi connectivity index (χ3n) is 3.28. The van der Waals surface area contributed by atoms with E-state index in [1.165, 1.54) is 18.2 Å². The van der Waals surface area contributed by atoms with Crippen molar-refractivity contribution in [2.24, 2.45) is 0 Å². The van der Waals surface area contributed by atoms with Crippen LogP contribution in [0.5, 0.6) is 0 Å². The Morgan fingerprint density at radius 3 is 2.40 bits per heavy atom. The van der Waals surface area contributed by atoms with Gasteiger partial charge in [0.15, 0.2) is 0 Å². The first-order valence-corrected chi connectivity index (χ1v) is 7.28. The fraction of sp³-hybridized carbons (Fsp3) is 0.250. The quantitative estimate of drug-likeness (QED) is 0.764. The van der Waals surface area contributed by atoms with Gasteiger partial charge in [0.05, 0.1) is 10.5 Å². The van der Waals surface area contributed by atoms with E-state index in [1.54, 1.807) is 18.2 Å². The van der Waals surface area contributed by atoms with Gasteiger partial charge in [-0.2, -0.15) is 0 Å². The first kappa shape index (κ1) is 15.0. The average molecular weight is 340 g/mol. The van der Waals surface area contributed by atoms with Crippen molar-refractivity contribution in [3.8, 4) is 0 Å². The van der Waals surface area contributed by atoms with Crippen LogP contribution in [0.15, 0.2) is 40.9 Å². The maximum atomic E-state index is 13.6. The molecule has 2 rings (SSSR count). The Labute approximate surface area is 126 Å². The minimum atomic E-state index is -0.299. The van der Waals surface area contributed by atoms with Gasteiger partial charge in [0.25, 0.3) is 0 Å². The van der Waals surface area contributed by atoms with Gasteiger partial charge in [-0.25, -0.2) is 8.78 Å². The van der Waals surface area contributed by atoms with Crippen molar-refractivity contribution < 1.29 is 8.78 Å². The number of rotatable bonds is 4. The molecule has 2 aromatic rings. The molecule has 4 heteroatoms. The van der Waals surface area contributed by atoms with Gasteiger partial charge >= 0.3 is 0 Å². The fourth-order valence-electron chi connectivity index (χ4n) is 2.11. The van der Waals surface area contributed by atoms with E-state index in [0.717, 1.165) is 23.2 Å². The number of aryl methyl sites for hydroxylation is 1. The molecule has 20 heavy (non-hydrogen) atoms. The highest BCUT2D eigenvalue weighted by Crippen LogP contribution is 2.28. The maximum Gasteiger partial charge on any atom is 0.139 e. The van der Waals surface area contributed by atoms with E-state index in [1.807, 2.05) is 13.8 Å². The molecule has 1 N–H and O–H groups in total. The van der Waals surface area contributed by atoms with Crippen molar-refractivity contribution in [2.75, 3.05) is 5.32 Å². The first-order valence-electron chi connectivity index (χ1n) is 6.49. The van der Waals surface area contributed by atoms with Gasteiger partial charge in [0, 0.05) is 5.69 Å². The second-order valence-electron chi connectivity index (χ2n) is 4.74. The minimum absolute atomic E-state index is 0.0230. The molecule has 0 bridgehead atoms. The summed E-state index contributed by atoms with van der Waals surface area (Å²) in [6, 6.07) is 9.63. The number of nitrogens with one attached hydrogen (secondary N) is 1. The summed E-state index contributed by atoms with van der Waals surface area (Å²) in [6.07, 6.45) is 0.822. The van der Waals surface area contributed by atoms with Crippen molar-refractivity contribution in [1.29, 1.82) is 0 Å². The van der Waals surface area contributed by atoms with Crippen molar-refractivity contribution in [2.45, 2.75) is 26.3 Å². The Hall–Kier alpha value is -1.42. The Bertz CT molecular complexity index is 596. The molecule has 0 aromatic heterocycles. The molecule has 106 valence electrons. The molecule has 1 atom stereocenters. The molecule has 0 radical (unpaired) electrons. The van der Waals surface area contributed by atoms with E-state index in [4.69, 9.17) is 0 Å². The molecule has 1 nitrogen and oxygen atoms in total. The lowest BCUT2D eigenvalue weighted by Crippen LogP contribution is -2.11. The summed E-state index contributed by atoms with van der Waals surface area (Å²) in [5.41, 5.74) is 2.69. The van der Waals surface area contributed by atoms with Crippen LogP contribution in [0.1, 0.15) is 30.5 Å². The van der Waals surface area contributed by atoms with Crippen LogP contribution < -0.4 is 5.32 Å². The van der Waals surface area contributed by atoms with Gasteiger partial charge in [0.2, 0.25) is 0 Å². The molecule has 0 saturated heterocycles. The van der Waals surface area contributed by atoms with Gasteiger partial charge in [-0.3, -0.25) is 0 Å². The van der Waals surface area contributed by atoms with Gasteiger partial charge in [-0.15, -0.1) is 0 Å². The summed E-state index contributed by atoms with van der Waals surface area (Å²) >= 11 is 3.17. The number of halogens is 3. The van der Waals surface area contributed by atoms with E-state index < -0.39 is 0 Å². The van der Waals surface area contributed by atoms with Crippen LogP contribution >= 0.6 is 15.9 Å². The lowest BCUT2D eigenvalue weighted by atomic mass is 10.0. The monoisotopic (exact) mass is 339 g/mol. The Kier molecular flexibility index (Phi) is 4.76. The highest BCUT2D eigenvalue weighted by molar-refractivity contribution is 9.10. The van der Waals surface area contributed by atoms with Crippen LogP contribution in [0.2, 0.25) is 0 Å². The molecule has 0 spiro atoms. The third kappa shape index (κ3) is 3.37. The van der Waals surface area contributed by atoms with Gasteiger partial charge < -0.3 is 5.32 Å². The molecular weight excluding hydrogens is 324 g/mol. The minimum Gasteiger partial charge on any atom is -0.378 e. The van der Waals surface area contributed by atoms with E-state index in [-0.39, 0.29) is 17.7 Å². The number of benzene rings is 2. The summed E-state index contributed by atoms with van der Waals surface area (Å²) < 4.78 is 27.1. The zero-order chi connectivity index (χ0) is 14.7. The summed E-state index contributed by atoms with van der Waals surface area (Å²) in [4.78, 5) is 0. The number of hydrogen-bond donors (Lipinski definition) is 1. The highest BCUT2D eigenvalue weighted by atomic mass is 79.9. The Morgan fingerprint density at radius 2 is 1.80 bits per heavy atom. The standard InChI is InChI=1S/C16H16BrF2N/c1-3-15(11-4-6-12(18)7-5-11)20-16-9-14(19)13(17)8-10(16)2/h4-9,15,20H,3H2,1-2H3. The second kappa shape index (κ2) is 6.35. The van der Waals surface area contributed by atoms with Crippen LogP contribution in [0, 0.1) is 18.6 Å². The Balaban J connectivity index is 2.26. The van der Waals surface area contributed by atoms with Crippen LogP contribution in [0.3, 0.4) is 0 Å². The SMILES string of the molecule is CCC(Nc1cc(F)c(Br)cc1C)c1ccc(F)cc1. The predicted octanol–water partition coefficient (Wildman–Crippen LogP) is 5.60. The summed E-state index contributed by atoms with van der Waals surface area (Å²) in [5, 5.41) is 3.32. The van der Waals surface area contributed by atoms with E-state index in [2.05, 4.69) is 21.2 Å². The van der Waals surface area contributed by atoms with Crippen molar-refractivity contribution >= 4 is 21.6 Å². The summed E-state index contributed by atoms with van der Waals surface area (Å²) in [5.74, 6) is -0.554. The maximum absolute atomic E-state index is 13.6. The molecule has 1 unspecified atom stereocenters.